The third-order valence-corrected chi connectivity index (χ3v) is 5.30. The van der Waals surface area contributed by atoms with Crippen molar-refractivity contribution in [3.05, 3.63) is 33.7 Å². The molecule has 1 aromatic carbocycles. The van der Waals surface area contributed by atoms with E-state index in [9.17, 15) is 9.59 Å². The molecule has 126 valence electrons. The second-order valence-corrected chi connectivity index (χ2v) is 7.61. The van der Waals surface area contributed by atoms with E-state index in [4.69, 9.17) is 22.1 Å². The quantitative estimate of drug-likeness (QED) is 0.655. The number of fused-ring (bicyclic) bond motifs is 1. The molecule has 2 aliphatic heterocycles. The molecule has 1 unspecified atom stereocenters. The number of aliphatic carboxylic acids is 1. The van der Waals surface area contributed by atoms with Crippen molar-refractivity contribution in [1.82, 2.24) is 4.90 Å². The van der Waals surface area contributed by atoms with E-state index in [0.717, 1.165) is 28.9 Å². The predicted octanol–water partition coefficient (Wildman–Crippen LogP) is 2.99. The van der Waals surface area contributed by atoms with Gasteiger partial charge in [-0.2, -0.15) is 0 Å². The summed E-state index contributed by atoms with van der Waals surface area (Å²) in [5.74, 6) is -0.237. The van der Waals surface area contributed by atoms with Gasteiger partial charge in [-0.25, -0.2) is 0 Å². The van der Waals surface area contributed by atoms with Crippen molar-refractivity contribution in [2.24, 2.45) is 0 Å². The Bertz CT molecular complexity index is 772. The molecule has 0 aliphatic carbocycles. The summed E-state index contributed by atoms with van der Waals surface area (Å²) in [6, 6.07) is 4.02. The molecule has 1 N–H and O–H groups in total. The van der Waals surface area contributed by atoms with Crippen molar-refractivity contribution >= 4 is 46.3 Å². The van der Waals surface area contributed by atoms with Crippen molar-refractivity contribution < 1.29 is 19.4 Å². The number of carbonyl (C=O) groups excluding carboxylic acids is 1. The van der Waals surface area contributed by atoms with Gasteiger partial charge in [0, 0.05) is 13.0 Å². The predicted molar refractivity (Wildman–Crippen MR) is 97.1 cm³/mol. The van der Waals surface area contributed by atoms with Gasteiger partial charge in [-0.3, -0.25) is 14.5 Å². The monoisotopic (exact) mass is 363 g/mol. The lowest BCUT2D eigenvalue weighted by Crippen LogP contribution is -2.30. The average Bonchev–Trinajstić information content (AvgIpc) is 2.98. The number of carboxylic acid groups (broad SMARTS) is 1. The molecule has 0 aromatic heterocycles. The standard InChI is InChI=1S/C17H17NO4S2/c1-9-5-11(7-12-6-10(2)22-15(9)12)8-13-16(21)18(17(23)24-13)4-3-14(19)20/h5,7-8,10H,3-4,6H2,1-2H3,(H,19,20)/b13-8-. The van der Waals surface area contributed by atoms with Crippen LogP contribution in [0.3, 0.4) is 0 Å². The van der Waals surface area contributed by atoms with E-state index in [1.807, 2.05) is 32.1 Å². The first-order valence-corrected chi connectivity index (χ1v) is 8.85. The number of benzene rings is 1. The minimum atomic E-state index is -0.948. The normalized spacial score (nSPS) is 21.3. The number of thioether (sulfide) groups is 1. The van der Waals surface area contributed by atoms with E-state index in [1.54, 1.807) is 0 Å². The molecule has 0 spiro atoms. The number of nitrogens with zero attached hydrogens (tertiary/aromatic N) is 1. The topological polar surface area (TPSA) is 66.8 Å². The van der Waals surface area contributed by atoms with E-state index < -0.39 is 5.97 Å². The van der Waals surface area contributed by atoms with Crippen LogP contribution in [-0.4, -0.2) is 38.9 Å². The average molecular weight is 363 g/mol. The minimum absolute atomic E-state index is 0.103. The Morgan fingerprint density at radius 3 is 3.00 bits per heavy atom. The Morgan fingerprint density at radius 2 is 2.29 bits per heavy atom. The van der Waals surface area contributed by atoms with Crippen LogP contribution < -0.4 is 4.74 Å². The molecule has 2 heterocycles. The number of hydrogen-bond donors (Lipinski definition) is 1. The van der Waals surface area contributed by atoms with Gasteiger partial charge in [0.2, 0.25) is 0 Å². The molecule has 1 aromatic rings. The molecule has 24 heavy (non-hydrogen) atoms. The fourth-order valence-corrected chi connectivity index (χ4v) is 4.19. The summed E-state index contributed by atoms with van der Waals surface area (Å²) >= 11 is 6.41. The van der Waals surface area contributed by atoms with E-state index in [0.29, 0.717) is 9.23 Å². The number of carbonyl (C=O) groups is 2. The van der Waals surface area contributed by atoms with Gasteiger partial charge in [-0.15, -0.1) is 0 Å². The molecule has 0 saturated carbocycles. The molecule has 7 heteroatoms. The molecule has 1 amide bonds. The molecule has 1 fully saturated rings. The highest BCUT2D eigenvalue weighted by molar-refractivity contribution is 8.26. The first-order chi connectivity index (χ1) is 11.3. The summed E-state index contributed by atoms with van der Waals surface area (Å²) < 4.78 is 6.20. The molecule has 0 bridgehead atoms. The zero-order chi connectivity index (χ0) is 17.4. The van der Waals surface area contributed by atoms with E-state index in [1.165, 1.54) is 16.7 Å². The van der Waals surface area contributed by atoms with Crippen molar-refractivity contribution in [3.63, 3.8) is 0 Å². The lowest BCUT2D eigenvalue weighted by atomic mass is 10.0. The minimum Gasteiger partial charge on any atom is -0.490 e. The maximum atomic E-state index is 12.4. The Labute approximate surface area is 149 Å². The first kappa shape index (κ1) is 17.0. The van der Waals surface area contributed by atoms with Crippen LogP contribution in [0.1, 0.15) is 30.0 Å². The summed E-state index contributed by atoms with van der Waals surface area (Å²) in [5.41, 5.74) is 3.13. The fourth-order valence-electron chi connectivity index (χ4n) is 2.88. The number of carboxylic acids is 1. The Hall–Kier alpha value is -1.86. The van der Waals surface area contributed by atoms with Gasteiger partial charge >= 0.3 is 5.97 Å². The van der Waals surface area contributed by atoms with E-state index in [-0.39, 0.29) is 25.0 Å². The summed E-state index contributed by atoms with van der Waals surface area (Å²) in [4.78, 5) is 25.0. The second kappa shape index (κ2) is 6.57. The Morgan fingerprint density at radius 1 is 1.54 bits per heavy atom. The van der Waals surface area contributed by atoms with Crippen molar-refractivity contribution in [1.29, 1.82) is 0 Å². The smallest absolute Gasteiger partial charge is 0.305 e. The zero-order valence-corrected chi connectivity index (χ0v) is 15.0. The van der Waals surface area contributed by atoms with Gasteiger partial charge in [0.25, 0.3) is 5.91 Å². The zero-order valence-electron chi connectivity index (χ0n) is 13.4. The van der Waals surface area contributed by atoms with Gasteiger partial charge in [-0.1, -0.05) is 24.0 Å². The largest absolute Gasteiger partial charge is 0.490 e. The number of thiocarbonyl (C=S) groups is 1. The Kier molecular flexibility index (Phi) is 4.64. The van der Waals surface area contributed by atoms with Crippen molar-refractivity contribution in [2.75, 3.05) is 6.54 Å². The number of aryl methyl sites for hydroxylation is 1. The molecule has 1 atom stereocenters. The van der Waals surface area contributed by atoms with E-state index in [2.05, 4.69) is 0 Å². The van der Waals surface area contributed by atoms with Crippen LogP contribution >= 0.6 is 24.0 Å². The molecule has 5 nitrogen and oxygen atoms in total. The molecular formula is C17H17NO4S2. The number of rotatable bonds is 4. The van der Waals surface area contributed by atoms with Gasteiger partial charge in [0.05, 0.1) is 11.3 Å². The summed E-state index contributed by atoms with van der Waals surface area (Å²) in [5, 5.41) is 8.77. The highest BCUT2D eigenvalue weighted by Gasteiger charge is 2.32. The lowest BCUT2D eigenvalue weighted by molar-refractivity contribution is -0.137. The maximum absolute atomic E-state index is 12.4. The summed E-state index contributed by atoms with van der Waals surface area (Å²) in [7, 11) is 0. The number of amides is 1. The summed E-state index contributed by atoms with van der Waals surface area (Å²) in [6.45, 7) is 4.13. The van der Waals surface area contributed by atoms with Gasteiger partial charge in [-0.05, 0) is 48.7 Å². The second-order valence-electron chi connectivity index (χ2n) is 5.94. The molecule has 0 radical (unpaired) electrons. The van der Waals surface area contributed by atoms with Crippen LogP contribution in [0, 0.1) is 6.92 Å². The number of hydrogen-bond acceptors (Lipinski definition) is 5. The molecule has 1 saturated heterocycles. The highest BCUT2D eigenvalue weighted by Crippen LogP contribution is 2.36. The van der Waals surface area contributed by atoms with Gasteiger partial charge in [0.1, 0.15) is 16.2 Å². The SMILES string of the molecule is Cc1cc(/C=C2\SC(=S)N(CCC(=O)O)C2=O)cc2c1OC(C)C2. The molecule has 2 aliphatic rings. The van der Waals surface area contributed by atoms with Crippen LogP contribution in [0.4, 0.5) is 0 Å². The lowest BCUT2D eigenvalue weighted by Gasteiger charge is -2.12. The third-order valence-electron chi connectivity index (χ3n) is 3.92. The maximum Gasteiger partial charge on any atom is 0.305 e. The first-order valence-electron chi connectivity index (χ1n) is 7.62. The van der Waals surface area contributed by atoms with Gasteiger partial charge < -0.3 is 9.84 Å². The van der Waals surface area contributed by atoms with Crippen molar-refractivity contribution in [2.45, 2.75) is 32.8 Å². The van der Waals surface area contributed by atoms with Gasteiger partial charge in [0.15, 0.2) is 0 Å². The highest BCUT2D eigenvalue weighted by atomic mass is 32.2. The van der Waals surface area contributed by atoms with E-state index >= 15 is 0 Å². The van der Waals surface area contributed by atoms with Crippen molar-refractivity contribution in [3.8, 4) is 5.75 Å². The molecule has 3 rings (SSSR count). The van der Waals surface area contributed by atoms with Crippen LogP contribution in [-0.2, 0) is 16.0 Å². The van der Waals surface area contributed by atoms with Crippen LogP contribution in [0.2, 0.25) is 0 Å². The number of ether oxygens (including phenoxy) is 1. The fraction of sp³-hybridized carbons (Fsp3) is 0.353. The van der Waals surface area contributed by atoms with Crippen LogP contribution in [0.5, 0.6) is 5.75 Å². The van der Waals surface area contributed by atoms with Crippen LogP contribution in [0.15, 0.2) is 17.0 Å². The van der Waals surface area contributed by atoms with Crippen LogP contribution in [0.25, 0.3) is 6.08 Å². The molecular weight excluding hydrogens is 346 g/mol. The summed E-state index contributed by atoms with van der Waals surface area (Å²) in [6.07, 6.45) is 2.73. The Balaban J connectivity index is 1.84. The third kappa shape index (κ3) is 3.32.